The lowest BCUT2D eigenvalue weighted by molar-refractivity contribution is 0.0123. The van der Waals surface area contributed by atoms with E-state index in [2.05, 4.69) is 10.1 Å². The number of amides is 1. The van der Waals surface area contributed by atoms with E-state index in [-0.39, 0.29) is 23.7 Å². The molecule has 2 aliphatic rings. The lowest BCUT2D eigenvalue weighted by atomic mass is 9.67. The third kappa shape index (κ3) is 4.70. The zero-order chi connectivity index (χ0) is 25.7. The van der Waals surface area contributed by atoms with E-state index in [1.165, 1.54) is 0 Å². The summed E-state index contributed by atoms with van der Waals surface area (Å²) in [6.07, 6.45) is 2.64. The molecule has 3 aromatic rings. The fraction of sp³-hybridized carbons (Fsp3) is 0.444. The van der Waals surface area contributed by atoms with Crippen LogP contribution in [0.2, 0.25) is 0 Å². The monoisotopic (exact) mass is 499 g/mol. The van der Waals surface area contributed by atoms with Crippen LogP contribution >= 0.6 is 0 Å². The van der Waals surface area contributed by atoms with E-state index in [9.17, 15) is 18.0 Å². The number of carbonyl (C=O) groups excluding carboxylic acids is 1. The molecular formula is C27H28F3N3O3. The molecule has 5 rings (SSSR count). The summed E-state index contributed by atoms with van der Waals surface area (Å²) >= 11 is 0. The van der Waals surface area contributed by atoms with Crippen molar-refractivity contribution in [3.05, 3.63) is 71.3 Å². The average Bonchev–Trinajstić information content (AvgIpc) is 3.41. The van der Waals surface area contributed by atoms with Gasteiger partial charge < -0.3 is 14.2 Å². The Morgan fingerprint density at radius 1 is 1.14 bits per heavy atom. The van der Waals surface area contributed by atoms with Crippen molar-refractivity contribution in [2.75, 3.05) is 6.54 Å². The molecule has 1 amide bonds. The molecule has 1 heterocycles. The number of rotatable bonds is 6. The molecule has 0 bridgehead atoms. The number of ether oxygens (including phenoxy) is 1. The SMILES string of the molecule is CC(C)(C)OC(=O)N(CC1(c2noc(-c3c(F)cc(F)cc3F)n2)CCC1)[C@H]1CC1c1ccccc1. The molecule has 6 nitrogen and oxygen atoms in total. The highest BCUT2D eigenvalue weighted by Gasteiger charge is 2.52. The molecule has 2 atom stereocenters. The molecule has 1 aromatic heterocycles. The molecule has 2 aliphatic carbocycles. The summed E-state index contributed by atoms with van der Waals surface area (Å²) in [4.78, 5) is 19.4. The summed E-state index contributed by atoms with van der Waals surface area (Å²) in [7, 11) is 0. The molecule has 2 fully saturated rings. The van der Waals surface area contributed by atoms with Crippen LogP contribution in [0, 0.1) is 17.5 Å². The fourth-order valence-corrected chi connectivity index (χ4v) is 4.89. The van der Waals surface area contributed by atoms with E-state index in [1.807, 2.05) is 51.1 Å². The van der Waals surface area contributed by atoms with Gasteiger partial charge in [0.05, 0.1) is 5.41 Å². The van der Waals surface area contributed by atoms with Gasteiger partial charge in [0, 0.05) is 30.6 Å². The predicted molar refractivity (Wildman–Crippen MR) is 126 cm³/mol. The van der Waals surface area contributed by atoms with E-state index in [1.54, 1.807) is 4.90 Å². The summed E-state index contributed by atoms with van der Waals surface area (Å²) in [6, 6.07) is 11.1. The highest BCUT2D eigenvalue weighted by molar-refractivity contribution is 5.70. The van der Waals surface area contributed by atoms with Gasteiger partial charge in [0.25, 0.3) is 5.89 Å². The Morgan fingerprint density at radius 3 is 2.39 bits per heavy atom. The highest BCUT2D eigenvalue weighted by Crippen LogP contribution is 2.49. The largest absolute Gasteiger partial charge is 0.444 e. The van der Waals surface area contributed by atoms with Gasteiger partial charge >= 0.3 is 6.09 Å². The normalized spacial score (nSPS) is 20.5. The molecule has 190 valence electrons. The maximum atomic E-state index is 14.3. The molecule has 0 spiro atoms. The highest BCUT2D eigenvalue weighted by atomic mass is 19.1. The summed E-state index contributed by atoms with van der Waals surface area (Å²) in [5.41, 5.74) is -0.714. The summed E-state index contributed by atoms with van der Waals surface area (Å²) < 4.78 is 53.0. The van der Waals surface area contributed by atoms with Crippen LogP contribution in [0.3, 0.4) is 0 Å². The Kier molecular flexibility index (Phi) is 6.04. The average molecular weight is 500 g/mol. The third-order valence-electron chi connectivity index (χ3n) is 6.92. The number of benzene rings is 2. The molecule has 36 heavy (non-hydrogen) atoms. The van der Waals surface area contributed by atoms with Crippen LogP contribution in [-0.2, 0) is 10.2 Å². The Bertz CT molecular complexity index is 1250. The molecular weight excluding hydrogens is 471 g/mol. The van der Waals surface area contributed by atoms with Gasteiger partial charge in [0.1, 0.15) is 28.6 Å². The van der Waals surface area contributed by atoms with Gasteiger partial charge in [-0.05, 0) is 45.6 Å². The molecule has 9 heteroatoms. The van der Waals surface area contributed by atoms with Crippen molar-refractivity contribution in [3.8, 4) is 11.5 Å². The van der Waals surface area contributed by atoms with Gasteiger partial charge in [-0.15, -0.1) is 0 Å². The van der Waals surface area contributed by atoms with Crippen LogP contribution in [0.1, 0.15) is 63.8 Å². The van der Waals surface area contributed by atoms with Crippen molar-refractivity contribution in [3.63, 3.8) is 0 Å². The van der Waals surface area contributed by atoms with Crippen molar-refractivity contribution in [1.82, 2.24) is 15.0 Å². The van der Waals surface area contributed by atoms with Gasteiger partial charge in [0.15, 0.2) is 5.82 Å². The van der Waals surface area contributed by atoms with Gasteiger partial charge in [-0.2, -0.15) is 4.98 Å². The molecule has 2 aromatic carbocycles. The second-order valence-corrected chi connectivity index (χ2v) is 10.7. The van der Waals surface area contributed by atoms with Crippen LogP contribution in [0.5, 0.6) is 0 Å². The minimum absolute atomic E-state index is 0.0434. The minimum Gasteiger partial charge on any atom is -0.444 e. The number of hydrogen-bond acceptors (Lipinski definition) is 5. The van der Waals surface area contributed by atoms with Gasteiger partial charge in [-0.25, -0.2) is 18.0 Å². The Hall–Kier alpha value is -3.36. The molecule has 0 aliphatic heterocycles. The topological polar surface area (TPSA) is 68.5 Å². The Morgan fingerprint density at radius 2 is 1.81 bits per heavy atom. The summed E-state index contributed by atoms with van der Waals surface area (Å²) in [6.45, 7) is 5.76. The van der Waals surface area contributed by atoms with Crippen molar-refractivity contribution in [1.29, 1.82) is 0 Å². The summed E-state index contributed by atoms with van der Waals surface area (Å²) in [5, 5.41) is 4.04. The number of carbonyl (C=O) groups is 1. The zero-order valence-corrected chi connectivity index (χ0v) is 20.4. The maximum absolute atomic E-state index is 14.3. The van der Waals surface area contributed by atoms with Crippen molar-refractivity contribution in [2.24, 2.45) is 0 Å². The van der Waals surface area contributed by atoms with Crippen molar-refractivity contribution in [2.45, 2.75) is 69.4 Å². The van der Waals surface area contributed by atoms with Crippen molar-refractivity contribution < 1.29 is 27.2 Å². The van der Waals surface area contributed by atoms with Crippen LogP contribution in [0.4, 0.5) is 18.0 Å². The van der Waals surface area contributed by atoms with Crippen LogP contribution < -0.4 is 0 Å². The summed E-state index contributed by atoms with van der Waals surface area (Å²) in [5.74, 6) is -3.16. The minimum atomic E-state index is -1.12. The zero-order valence-electron chi connectivity index (χ0n) is 20.4. The van der Waals surface area contributed by atoms with E-state index in [0.29, 0.717) is 31.5 Å². The second kappa shape index (κ2) is 8.94. The third-order valence-corrected chi connectivity index (χ3v) is 6.92. The Balaban J connectivity index is 1.44. The van der Waals surface area contributed by atoms with Crippen LogP contribution in [0.25, 0.3) is 11.5 Å². The number of nitrogens with zero attached hydrogens (tertiary/aromatic N) is 3. The van der Waals surface area contributed by atoms with Crippen LogP contribution in [0.15, 0.2) is 47.0 Å². The van der Waals surface area contributed by atoms with E-state index in [4.69, 9.17) is 9.26 Å². The first-order chi connectivity index (χ1) is 17.1. The Labute approximate surface area is 207 Å². The molecule has 0 radical (unpaired) electrons. The van der Waals surface area contributed by atoms with Crippen molar-refractivity contribution >= 4 is 6.09 Å². The van der Waals surface area contributed by atoms with E-state index < -0.39 is 40.1 Å². The lowest BCUT2D eigenvalue weighted by Crippen LogP contribution is -2.50. The maximum Gasteiger partial charge on any atom is 0.410 e. The standard InChI is InChI=1S/C27H28F3N3O3/c1-26(2,3)35-25(34)33(21-14-18(21)16-8-5-4-6-9-16)15-27(10-7-11-27)24-31-23(36-32-24)22-19(29)12-17(28)13-20(22)30/h4-6,8-9,12-13,18,21H,7,10-11,14-15H2,1-3H3/t18?,21-/m0/s1. The molecule has 0 N–H and O–H groups in total. The number of hydrogen-bond donors (Lipinski definition) is 0. The lowest BCUT2D eigenvalue weighted by Gasteiger charge is -2.43. The number of halogens is 3. The van der Waals surface area contributed by atoms with Gasteiger partial charge in [0.2, 0.25) is 0 Å². The first-order valence-corrected chi connectivity index (χ1v) is 12.1. The second-order valence-electron chi connectivity index (χ2n) is 10.7. The molecule has 2 saturated carbocycles. The molecule has 1 unspecified atom stereocenters. The molecule has 0 saturated heterocycles. The van der Waals surface area contributed by atoms with E-state index in [0.717, 1.165) is 18.4 Å². The van der Waals surface area contributed by atoms with Gasteiger partial charge in [-0.1, -0.05) is 41.9 Å². The smallest absolute Gasteiger partial charge is 0.410 e. The predicted octanol–water partition coefficient (Wildman–Crippen LogP) is 6.37. The number of aromatic nitrogens is 2. The first-order valence-electron chi connectivity index (χ1n) is 12.1. The quantitative estimate of drug-likeness (QED) is 0.394. The van der Waals surface area contributed by atoms with Crippen LogP contribution in [-0.4, -0.2) is 39.3 Å². The van der Waals surface area contributed by atoms with Gasteiger partial charge in [-0.3, -0.25) is 0 Å². The first kappa shape index (κ1) is 24.3. The van der Waals surface area contributed by atoms with E-state index >= 15 is 0 Å². The fourth-order valence-electron chi connectivity index (χ4n) is 4.89.